The fraction of sp³-hybridized carbons (Fsp3) is 0. The molecule has 1 heterocycles. The Morgan fingerprint density at radius 1 is 1.33 bits per heavy atom. The highest BCUT2D eigenvalue weighted by Gasteiger charge is 1.90. The van der Waals surface area contributed by atoms with Crippen LogP contribution in [0.25, 0.3) is 10.8 Å². The molecule has 12 heavy (non-hydrogen) atoms. The van der Waals surface area contributed by atoms with E-state index >= 15 is 0 Å². The van der Waals surface area contributed by atoms with Gasteiger partial charge in [-0.3, -0.25) is 0 Å². The molecule has 0 saturated carbocycles. The summed E-state index contributed by atoms with van der Waals surface area (Å²) in [7, 11) is 3.46. The minimum absolute atomic E-state index is 0.159. The van der Waals surface area contributed by atoms with Gasteiger partial charge in [0.2, 0.25) is 0 Å². The van der Waals surface area contributed by atoms with Crippen molar-refractivity contribution in [3.63, 3.8) is 0 Å². The van der Waals surface area contributed by atoms with Crippen LogP contribution in [0.4, 0.5) is 0 Å². The van der Waals surface area contributed by atoms with Gasteiger partial charge in [-0.25, -0.2) is 5.10 Å². The molecule has 0 radical (unpaired) electrons. The van der Waals surface area contributed by atoms with E-state index in [4.69, 9.17) is 0 Å². The van der Waals surface area contributed by atoms with Crippen LogP contribution in [-0.2, 0) is 0 Å². The predicted octanol–water partition coefficient (Wildman–Crippen LogP) is 1.04. The number of hydrogen-bond donors (Lipinski definition) is 0. The third-order valence-electron chi connectivity index (χ3n) is 1.76. The standard InChI is InChI=1S/C9H7N2O/c1-11-9(12)8-5-3-2-4-7(8)6-10-11/h2-6H,1H2/q-1. The molecule has 0 N–H and O–H groups in total. The maximum Gasteiger partial charge on any atom is 0.121 e. The number of hydrogen-bond acceptors (Lipinski definition) is 2. The molecule has 0 fully saturated rings. The summed E-state index contributed by atoms with van der Waals surface area (Å²) in [5.74, 6) is 0. The van der Waals surface area contributed by atoms with Crippen molar-refractivity contribution in [3.05, 3.63) is 47.9 Å². The predicted molar refractivity (Wildman–Crippen MR) is 46.8 cm³/mol. The molecule has 0 spiro atoms. The van der Waals surface area contributed by atoms with E-state index < -0.39 is 0 Å². The lowest BCUT2D eigenvalue weighted by Gasteiger charge is -2.05. The maximum atomic E-state index is 11.4. The molecule has 0 atom stereocenters. The van der Waals surface area contributed by atoms with Crippen LogP contribution in [0.5, 0.6) is 0 Å². The first kappa shape index (κ1) is 6.91. The van der Waals surface area contributed by atoms with Gasteiger partial charge in [0, 0.05) is 0 Å². The molecule has 0 bridgehead atoms. The van der Waals surface area contributed by atoms with Crippen LogP contribution < -0.4 is 5.56 Å². The highest BCUT2D eigenvalue weighted by Crippen LogP contribution is 2.05. The third kappa shape index (κ3) is 0.871. The Hall–Kier alpha value is -1.77. The highest BCUT2D eigenvalue weighted by molar-refractivity contribution is 5.80. The van der Waals surface area contributed by atoms with Gasteiger partial charge in [0.25, 0.3) is 0 Å². The van der Waals surface area contributed by atoms with Gasteiger partial charge in [0.05, 0.1) is 6.20 Å². The highest BCUT2D eigenvalue weighted by atomic mass is 16.1. The molecule has 3 nitrogen and oxygen atoms in total. The molecule has 3 heteroatoms. The molecular weight excluding hydrogens is 152 g/mol. The van der Waals surface area contributed by atoms with Crippen molar-refractivity contribution < 1.29 is 0 Å². The van der Waals surface area contributed by atoms with Gasteiger partial charge < -0.3 is 9.48 Å². The number of rotatable bonds is 0. The van der Waals surface area contributed by atoms with Gasteiger partial charge in [-0.05, 0) is 10.8 Å². The molecule has 0 aliphatic carbocycles. The van der Waals surface area contributed by atoms with E-state index in [1.807, 2.05) is 18.2 Å². The van der Waals surface area contributed by atoms with Crippen LogP contribution in [0.3, 0.4) is 0 Å². The lowest BCUT2D eigenvalue weighted by Crippen LogP contribution is -2.17. The first-order chi connectivity index (χ1) is 5.79. The minimum Gasteiger partial charge on any atom is -0.380 e. The zero-order valence-electron chi connectivity index (χ0n) is 6.40. The topological polar surface area (TPSA) is 34.9 Å². The second-order valence-corrected chi connectivity index (χ2v) is 2.54. The van der Waals surface area contributed by atoms with Crippen LogP contribution in [0, 0.1) is 7.05 Å². The number of nitrogens with zero attached hydrogens (tertiary/aromatic N) is 2. The van der Waals surface area contributed by atoms with E-state index in [1.165, 1.54) is 0 Å². The molecule has 60 valence electrons. The van der Waals surface area contributed by atoms with Crippen LogP contribution in [0.2, 0.25) is 0 Å². The van der Waals surface area contributed by atoms with Gasteiger partial charge in [-0.2, -0.15) is 7.05 Å². The van der Waals surface area contributed by atoms with Gasteiger partial charge >= 0.3 is 0 Å². The first-order valence-electron chi connectivity index (χ1n) is 3.57. The normalized spacial score (nSPS) is 10.3. The first-order valence-corrected chi connectivity index (χ1v) is 3.57. The summed E-state index contributed by atoms with van der Waals surface area (Å²) in [6.45, 7) is 0. The number of benzene rings is 1. The van der Waals surface area contributed by atoms with E-state index in [0.29, 0.717) is 5.39 Å². The van der Waals surface area contributed by atoms with Gasteiger partial charge in [0.15, 0.2) is 0 Å². The van der Waals surface area contributed by atoms with Crippen molar-refractivity contribution >= 4 is 10.8 Å². The summed E-state index contributed by atoms with van der Waals surface area (Å²) in [6, 6.07) is 7.31. The Morgan fingerprint density at radius 2 is 2.08 bits per heavy atom. The zero-order chi connectivity index (χ0) is 8.55. The molecule has 0 amide bonds. The van der Waals surface area contributed by atoms with Crippen molar-refractivity contribution in [2.45, 2.75) is 0 Å². The smallest absolute Gasteiger partial charge is 0.121 e. The monoisotopic (exact) mass is 159 g/mol. The third-order valence-corrected chi connectivity index (χ3v) is 1.76. The Morgan fingerprint density at radius 3 is 2.92 bits per heavy atom. The lowest BCUT2D eigenvalue weighted by molar-refractivity contribution is 0.817. The lowest BCUT2D eigenvalue weighted by atomic mass is 10.2. The molecule has 1 aromatic carbocycles. The second kappa shape index (κ2) is 2.37. The maximum absolute atomic E-state index is 11.4. The average molecular weight is 159 g/mol. The van der Waals surface area contributed by atoms with Gasteiger partial charge in [-0.15, -0.1) is 0 Å². The molecular formula is C9H7N2O-. The van der Waals surface area contributed by atoms with Crippen LogP contribution in [-0.4, -0.2) is 9.78 Å². The van der Waals surface area contributed by atoms with Crippen molar-refractivity contribution in [1.29, 1.82) is 0 Å². The molecule has 1 aromatic heterocycles. The average Bonchev–Trinajstić information content (AvgIpc) is 2.12. The second-order valence-electron chi connectivity index (χ2n) is 2.54. The van der Waals surface area contributed by atoms with Crippen molar-refractivity contribution in [2.24, 2.45) is 0 Å². The Kier molecular flexibility index (Phi) is 1.37. The summed E-state index contributed by atoms with van der Waals surface area (Å²) < 4.78 is 1.09. The fourth-order valence-corrected chi connectivity index (χ4v) is 1.13. The fourth-order valence-electron chi connectivity index (χ4n) is 1.13. The zero-order valence-corrected chi connectivity index (χ0v) is 6.40. The van der Waals surface area contributed by atoms with Gasteiger partial charge in [-0.1, -0.05) is 24.3 Å². The summed E-state index contributed by atoms with van der Waals surface area (Å²) in [6.07, 6.45) is 1.63. The summed E-state index contributed by atoms with van der Waals surface area (Å²) in [5, 5.41) is 5.30. The quantitative estimate of drug-likeness (QED) is 0.538. The van der Waals surface area contributed by atoms with Crippen molar-refractivity contribution in [1.82, 2.24) is 9.78 Å². The molecule has 0 saturated heterocycles. The number of fused-ring (bicyclic) bond motifs is 1. The molecule has 2 rings (SSSR count). The van der Waals surface area contributed by atoms with Crippen LogP contribution >= 0.6 is 0 Å². The summed E-state index contributed by atoms with van der Waals surface area (Å²) in [4.78, 5) is 11.4. The number of aromatic nitrogens is 2. The minimum atomic E-state index is -0.159. The van der Waals surface area contributed by atoms with E-state index in [9.17, 15) is 4.79 Å². The molecule has 2 aromatic rings. The Balaban J connectivity index is 3.01. The van der Waals surface area contributed by atoms with Crippen molar-refractivity contribution in [3.8, 4) is 0 Å². The van der Waals surface area contributed by atoms with E-state index in [0.717, 1.165) is 10.1 Å². The summed E-state index contributed by atoms with van der Waals surface area (Å²) in [5.41, 5.74) is -0.159. The van der Waals surface area contributed by atoms with E-state index in [1.54, 1.807) is 12.3 Å². The Bertz CT molecular complexity index is 473. The van der Waals surface area contributed by atoms with Crippen LogP contribution in [0.15, 0.2) is 35.3 Å². The Labute approximate surface area is 69.3 Å². The van der Waals surface area contributed by atoms with Crippen LogP contribution in [0.1, 0.15) is 0 Å². The van der Waals surface area contributed by atoms with E-state index in [2.05, 4.69) is 12.1 Å². The van der Waals surface area contributed by atoms with Gasteiger partial charge in [0.1, 0.15) is 5.56 Å². The molecule has 0 aliphatic heterocycles. The largest absolute Gasteiger partial charge is 0.380 e. The molecule has 0 aliphatic rings. The van der Waals surface area contributed by atoms with E-state index in [-0.39, 0.29) is 5.56 Å². The summed E-state index contributed by atoms with van der Waals surface area (Å²) >= 11 is 0. The molecule has 0 unspecified atom stereocenters. The SMILES string of the molecule is [CH2-]n1ncc2ccccc2c1=O. The van der Waals surface area contributed by atoms with Crippen molar-refractivity contribution in [2.75, 3.05) is 0 Å².